The van der Waals surface area contributed by atoms with Crippen LogP contribution in [0.4, 0.5) is 0 Å². The van der Waals surface area contributed by atoms with Crippen LogP contribution >= 0.6 is 0 Å². The molecule has 1 aromatic carbocycles. The van der Waals surface area contributed by atoms with Crippen molar-refractivity contribution >= 4 is 0 Å². The first-order valence-corrected chi connectivity index (χ1v) is 6.35. The SMILES string of the molecule is COc1cnc(CCOc2ccc(C)cc2)cc1C#N. The number of nitrogens with zero attached hydrogens (tertiary/aromatic N) is 2. The second-order valence-electron chi connectivity index (χ2n) is 4.40. The van der Waals surface area contributed by atoms with E-state index in [1.54, 1.807) is 12.3 Å². The maximum atomic E-state index is 9.01. The Balaban J connectivity index is 1.94. The van der Waals surface area contributed by atoms with Crippen molar-refractivity contribution in [1.29, 1.82) is 5.26 Å². The van der Waals surface area contributed by atoms with Gasteiger partial charge in [0.15, 0.2) is 5.75 Å². The second kappa shape index (κ2) is 6.58. The Bertz CT molecular complexity index is 615. The van der Waals surface area contributed by atoms with Crippen molar-refractivity contribution in [1.82, 2.24) is 4.98 Å². The fourth-order valence-electron chi connectivity index (χ4n) is 1.78. The van der Waals surface area contributed by atoms with Crippen LogP contribution in [0.2, 0.25) is 0 Å². The number of hydrogen-bond acceptors (Lipinski definition) is 4. The first kappa shape index (κ1) is 13.9. The molecule has 0 fully saturated rings. The number of rotatable bonds is 5. The van der Waals surface area contributed by atoms with Gasteiger partial charge in [-0.3, -0.25) is 4.98 Å². The molecule has 2 aromatic rings. The molecule has 0 bridgehead atoms. The van der Waals surface area contributed by atoms with Gasteiger partial charge >= 0.3 is 0 Å². The van der Waals surface area contributed by atoms with Crippen LogP contribution in [0.25, 0.3) is 0 Å². The maximum absolute atomic E-state index is 9.01. The molecule has 0 saturated carbocycles. The quantitative estimate of drug-likeness (QED) is 0.836. The Labute approximate surface area is 118 Å². The Kier molecular flexibility index (Phi) is 4.56. The number of aryl methyl sites for hydroxylation is 1. The number of nitriles is 1. The van der Waals surface area contributed by atoms with Crippen molar-refractivity contribution in [2.24, 2.45) is 0 Å². The molecular weight excluding hydrogens is 252 g/mol. The Morgan fingerprint density at radius 2 is 2.00 bits per heavy atom. The number of pyridine rings is 1. The fraction of sp³-hybridized carbons (Fsp3) is 0.250. The zero-order valence-corrected chi connectivity index (χ0v) is 11.6. The fourth-order valence-corrected chi connectivity index (χ4v) is 1.78. The topological polar surface area (TPSA) is 55.1 Å². The van der Waals surface area contributed by atoms with E-state index in [4.69, 9.17) is 14.7 Å². The lowest BCUT2D eigenvalue weighted by molar-refractivity contribution is 0.320. The molecule has 0 aliphatic carbocycles. The molecule has 1 heterocycles. The minimum Gasteiger partial charge on any atom is -0.494 e. The molecule has 0 radical (unpaired) electrons. The Hall–Kier alpha value is -2.54. The van der Waals surface area contributed by atoms with E-state index in [1.165, 1.54) is 12.7 Å². The third-order valence-electron chi connectivity index (χ3n) is 2.91. The highest BCUT2D eigenvalue weighted by molar-refractivity contribution is 5.42. The number of ether oxygens (including phenoxy) is 2. The first-order valence-electron chi connectivity index (χ1n) is 6.35. The maximum Gasteiger partial charge on any atom is 0.154 e. The van der Waals surface area contributed by atoms with E-state index >= 15 is 0 Å². The van der Waals surface area contributed by atoms with Crippen LogP contribution in [-0.2, 0) is 6.42 Å². The van der Waals surface area contributed by atoms with Gasteiger partial charge in [-0.05, 0) is 25.1 Å². The monoisotopic (exact) mass is 268 g/mol. The van der Waals surface area contributed by atoms with Gasteiger partial charge in [0.1, 0.15) is 11.8 Å². The standard InChI is InChI=1S/C16H16N2O2/c1-12-3-5-15(6-4-12)20-8-7-14-9-13(10-17)16(19-2)11-18-14/h3-6,9,11H,7-8H2,1-2H3. The van der Waals surface area contributed by atoms with Gasteiger partial charge in [-0.15, -0.1) is 0 Å². The van der Waals surface area contributed by atoms with Crippen LogP contribution < -0.4 is 9.47 Å². The number of aromatic nitrogens is 1. The molecule has 102 valence electrons. The lowest BCUT2D eigenvalue weighted by Gasteiger charge is -2.07. The lowest BCUT2D eigenvalue weighted by atomic mass is 10.2. The summed E-state index contributed by atoms with van der Waals surface area (Å²) in [4.78, 5) is 4.25. The summed E-state index contributed by atoms with van der Waals surface area (Å²) >= 11 is 0. The summed E-state index contributed by atoms with van der Waals surface area (Å²) < 4.78 is 10.7. The zero-order valence-electron chi connectivity index (χ0n) is 11.6. The molecule has 0 aliphatic heterocycles. The van der Waals surface area contributed by atoms with Crippen molar-refractivity contribution in [2.75, 3.05) is 13.7 Å². The molecule has 20 heavy (non-hydrogen) atoms. The van der Waals surface area contributed by atoms with Crippen LogP contribution in [-0.4, -0.2) is 18.7 Å². The highest BCUT2D eigenvalue weighted by atomic mass is 16.5. The average molecular weight is 268 g/mol. The van der Waals surface area contributed by atoms with Crippen LogP contribution in [0.3, 0.4) is 0 Å². The summed E-state index contributed by atoms with van der Waals surface area (Å²) in [6.45, 7) is 2.56. The van der Waals surface area contributed by atoms with Gasteiger partial charge in [0, 0.05) is 12.1 Å². The van der Waals surface area contributed by atoms with Gasteiger partial charge in [-0.25, -0.2) is 0 Å². The van der Waals surface area contributed by atoms with Gasteiger partial charge in [-0.2, -0.15) is 5.26 Å². The van der Waals surface area contributed by atoms with Gasteiger partial charge < -0.3 is 9.47 Å². The molecule has 0 amide bonds. The first-order chi connectivity index (χ1) is 9.72. The molecule has 1 aromatic heterocycles. The summed E-state index contributed by atoms with van der Waals surface area (Å²) in [5, 5.41) is 9.01. The van der Waals surface area contributed by atoms with Crippen molar-refractivity contribution < 1.29 is 9.47 Å². The minimum atomic E-state index is 0.493. The Morgan fingerprint density at radius 3 is 2.65 bits per heavy atom. The van der Waals surface area contributed by atoms with Crippen LogP contribution in [0.5, 0.6) is 11.5 Å². The van der Waals surface area contributed by atoms with Crippen LogP contribution in [0.1, 0.15) is 16.8 Å². The smallest absolute Gasteiger partial charge is 0.154 e. The van der Waals surface area contributed by atoms with Gasteiger partial charge in [-0.1, -0.05) is 17.7 Å². The summed E-state index contributed by atoms with van der Waals surface area (Å²) in [7, 11) is 1.53. The molecule has 0 aliphatic rings. The van der Waals surface area contributed by atoms with Crippen LogP contribution in [0.15, 0.2) is 36.5 Å². The third kappa shape index (κ3) is 3.48. The Morgan fingerprint density at radius 1 is 1.25 bits per heavy atom. The van der Waals surface area contributed by atoms with Crippen LogP contribution in [0, 0.1) is 18.3 Å². The molecule has 2 rings (SSSR count). The van der Waals surface area contributed by atoms with Crippen molar-refractivity contribution in [2.45, 2.75) is 13.3 Å². The summed E-state index contributed by atoms with van der Waals surface area (Å²) in [6.07, 6.45) is 2.21. The molecule has 0 atom stereocenters. The van der Waals surface area contributed by atoms with Crippen molar-refractivity contribution in [3.05, 3.63) is 53.3 Å². The predicted molar refractivity (Wildman–Crippen MR) is 75.9 cm³/mol. The summed E-state index contributed by atoms with van der Waals surface area (Å²) in [5.41, 5.74) is 2.51. The zero-order chi connectivity index (χ0) is 14.4. The highest BCUT2D eigenvalue weighted by Gasteiger charge is 2.05. The highest BCUT2D eigenvalue weighted by Crippen LogP contribution is 2.17. The third-order valence-corrected chi connectivity index (χ3v) is 2.91. The molecular formula is C16H16N2O2. The van der Waals surface area contributed by atoms with E-state index in [9.17, 15) is 0 Å². The lowest BCUT2D eigenvalue weighted by Crippen LogP contribution is -2.04. The molecule has 4 heteroatoms. The number of methoxy groups -OCH3 is 1. The van der Waals surface area contributed by atoms with E-state index in [-0.39, 0.29) is 0 Å². The van der Waals surface area contributed by atoms with Crippen molar-refractivity contribution in [3.8, 4) is 17.6 Å². The van der Waals surface area contributed by atoms with E-state index in [1.807, 2.05) is 31.2 Å². The molecule has 0 spiro atoms. The van der Waals surface area contributed by atoms with E-state index in [2.05, 4.69) is 11.1 Å². The second-order valence-corrected chi connectivity index (χ2v) is 4.40. The van der Waals surface area contributed by atoms with E-state index < -0.39 is 0 Å². The molecule has 0 saturated heterocycles. The molecule has 0 N–H and O–H groups in total. The number of benzene rings is 1. The van der Waals surface area contributed by atoms with Gasteiger partial charge in [0.05, 0.1) is 25.5 Å². The molecule has 0 unspecified atom stereocenters. The largest absolute Gasteiger partial charge is 0.494 e. The predicted octanol–water partition coefficient (Wildman–Crippen LogP) is 2.89. The van der Waals surface area contributed by atoms with Gasteiger partial charge in [0.25, 0.3) is 0 Å². The van der Waals surface area contributed by atoms with Gasteiger partial charge in [0.2, 0.25) is 0 Å². The average Bonchev–Trinajstić information content (AvgIpc) is 2.49. The van der Waals surface area contributed by atoms with E-state index in [0.29, 0.717) is 24.3 Å². The summed E-state index contributed by atoms with van der Waals surface area (Å²) in [5.74, 6) is 1.33. The van der Waals surface area contributed by atoms with E-state index in [0.717, 1.165) is 11.4 Å². The number of hydrogen-bond donors (Lipinski definition) is 0. The normalized spacial score (nSPS) is 9.85. The minimum absolute atomic E-state index is 0.493. The van der Waals surface area contributed by atoms with Crippen molar-refractivity contribution in [3.63, 3.8) is 0 Å². The molecule has 4 nitrogen and oxygen atoms in total. The summed E-state index contributed by atoms with van der Waals surface area (Å²) in [6, 6.07) is 11.7.